The van der Waals surface area contributed by atoms with Gasteiger partial charge >= 0.3 is 0 Å². The fourth-order valence-electron chi connectivity index (χ4n) is 2.67. The summed E-state index contributed by atoms with van der Waals surface area (Å²) in [4.78, 5) is 25.3. The first-order valence-corrected chi connectivity index (χ1v) is 8.40. The number of methoxy groups -OCH3 is 1. The van der Waals surface area contributed by atoms with Gasteiger partial charge in [-0.15, -0.1) is 0 Å². The van der Waals surface area contributed by atoms with Crippen LogP contribution in [0.4, 0.5) is 0 Å². The number of rotatable bonds is 4. The molecule has 7 heteroatoms. The third kappa shape index (κ3) is 3.77. The monoisotopic (exact) mass is 359 g/mol. The Balaban J connectivity index is 1.49. The predicted molar refractivity (Wildman–Crippen MR) is 103 cm³/mol. The summed E-state index contributed by atoms with van der Waals surface area (Å²) in [6.45, 7) is 0.444. The minimum absolute atomic E-state index is 0.239. The van der Waals surface area contributed by atoms with Gasteiger partial charge in [0.05, 0.1) is 30.4 Å². The van der Waals surface area contributed by atoms with Crippen molar-refractivity contribution in [1.29, 1.82) is 0 Å². The Morgan fingerprint density at radius 2 is 1.93 bits per heavy atom. The SMILES string of the molecule is COc1ccc(CN=C2NC(=O)C(=Cc3ccc4ncccc4n3)N2)cc1. The lowest BCUT2D eigenvalue weighted by Crippen LogP contribution is -2.25. The molecule has 1 aliphatic rings. The Kier molecular flexibility index (Phi) is 4.49. The largest absolute Gasteiger partial charge is 0.497 e. The van der Waals surface area contributed by atoms with E-state index in [1.807, 2.05) is 48.5 Å². The highest BCUT2D eigenvalue weighted by Gasteiger charge is 2.21. The van der Waals surface area contributed by atoms with E-state index in [0.717, 1.165) is 22.3 Å². The number of pyridine rings is 2. The van der Waals surface area contributed by atoms with Crippen LogP contribution in [0.15, 0.2) is 65.4 Å². The quantitative estimate of drug-likeness (QED) is 0.698. The molecule has 2 N–H and O–H groups in total. The minimum Gasteiger partial charge on any atom is -0.497 e. The minimum atomic E-state index is -0.239. The Hall–Kier alpha value is -3.74. The molecule has 0 atom stereocenters. The van der Waals surface area contributed by atoms with Gasteiger partial charge in [0.2, 0.25) is 5.96 Å². The number of nitrogens with zero attached hydrogens (tertiary/aromatic N) is 3. The molecule has 0 saturated carbocycles. The standard InChI is InChI=1S/C20H17N5O2/c1-27-15-7-4-13(5-8-15)12-22-20-24-18(19(26)25-20)11-14-6-9-16-17(23-14)3-2-10-21-16/h2-11H,12H2,1H3,(H2,22,24,25,26). The van der Waals surface area contributed by atoms with Gasteiger partial charge in [-0.1, -0.05) is 12.1 Å². The van der Waals surface area contributed by atoms with Gasteiger partial charge in [0.15, 0.2) is 0 Å². The van der Waals surface area contributed by atoms with Crippen LogP contribution >= 0.6 is 0 Å². The molecule has 1 saturated heterocycles. The zero-order valence-electron chi connectivity index (χ0n) is 14.6. The van der Waals surface area contributed by atoms with Gasteiger partial charge in [0.1, 0.15) is 11.4 Å². The second-order valence-electron chi connectivity index (χ2n) is 5.93. The molecule has 7 nitrogen and oxygen atoms in total. The smallest absolute Gasteiger partial charge is 0.274 e. The molecule has 0 unspecified atom stereocenters. The third-order valence-electron chi connectivity index (χ3n) is 4.08. The van der Waals surface area contributed by atoms with E-state index in [-0.39, 0.29) is 5.91 Å². The first kappa shape index (κ1) is 16.7. The van der Waals surface area contributed by atoms with Crippen molar-refractivity contribution in [2.45, 2.75) is 6.54 Å². The van der Waals surface area contributed by atoms with Gasteiger partial charge in [-0.2, -0.15) is 0 Å². The van der Waals surface area contributed by atoms with Crippen molar-refractivity contribution in [2.24, 2.45) is 4.99 Å². The van der Waals surface area contributed by atoms with Crippen molar-refractivity contribution >= 4 is 29.0 Å². The number of ether oxygens (including phenoxy) is 1. The molecular weight excluding hydrogens is 342 g/mol. The Morgan fingerprint density at radius 1 is 1.07 bits per heavy atom. The van der Waals surface area contributed by atoms with Crippen LogP contribution in [-0.4, -0.2) is 28.9 Å². The molecule has 0 spiro atoms. The number of amides is 1. The van der Waals surface area contributed by atoms with Crippen molar-refractivity contribution in [3.63, 3.8) is 0 Å². The highest BCUT2D eigenvalue weighted by molar-refractivity contribution is 6.15. The summed E-state index contributed by atoms with van der Waals surface area (Å²) in [5.41, 5.74) is 3.67. The highest BCUT2D eigenvalue weighted by atomic mass is 16.5. The van der Waals surface area contributed by atoms with Crippen LogP contribution < -0.4 is 15.4 Å². The van der Waals surface area contributed by atoms with E-state index in [4.69, 9.17) is 4.74 Å². The Morgan fingerprint density at radius 3 is 2.74 bits per heavy atom. The predicted octanol–water partition coefficient (Wildman–Crippen LogP) is 2.25. The molecule has 3 aromatic rings. The number of aliphatic imine (C=N–C) groups is 1. The molecule has 27 heavy (non-hydrogen) atoms. The number of carbonyl (C=O) groups excluding carboxylic acids is 1. The summed E-state index contributed by atoms with van der Waals surface area (Å²) in [6, 6.07) is 15.0. The number of benzene rings is 1. The first-order chi connectivity index (χ1) is 13.2. The fourth-order valence-corrected chi connectivity index (χ4v) is 2.67. The van der Waals surface area contributed by atoms with E-state index in [1.54, 1.807) is 19.4 Å². The zero-order valence-corrected chi connectivity index (χ0v) is 14.6. The van der Waals surface area contributed by atoms with Crippen LogP contribution in [-0.2, 0) is 11.3 Å². The highest BCUT2D eigenvalue weighted by Crippen LogP contribution is 2.14. The van der Waals surface area contributed by atoms with Gasteiger partial charge in [-0.25, -0.2) is 9.98 Å². The summed E-state index contributed by atoms with van der Waals surface area (Å²) in [7, 11) is 1.63. The summed E-state index contributed by atoms with van der Waals surface area (Å²) >= 11 is 0. The molecule has 1 amide bonds. The van der Waals surface area contributed by atoms with E-state index < -0.39 is 0 Å². The zero-order chi connectivity index (χ0) is 18.6. The second kappa shape index (κ2) is 7.25. The fraction of sp³-hybridized carbons (Fsp3) is 0.100. The van der Waals surface area contributed by atoms with Crippen LogP contribution in [0.5, 0.6) is 5.75 Å². The summed E-state index contributed by atoms with van der Waals surface area (Å²) < 4.78 is 5.14. The van der Waals surface area contributed by atoms with Crippen molar-refractivity contribution in [1.82, 2.24) is 20.6 Å². The third-order valence-corrected chi connectivity index (χ3v) is 4.08. The lowest BCUT2D eigenvalue weighted by Gasteiger charge is -2.02. The van der Waals surface area contributed by atoms with Crippen molar-refractivity contribution in [3.8, 4) is 5.75 Å². The lowest BCUT2D eigenvalue weighted by atomic mass is 10.2. The van der Waals surface area contributed by atoms with Crippen LogP contribution in [0.1, 0.15) is 11.3 Å². The molecule has 0 bridgehead atoms. The van der Waals surface area contributed by atoms with Crippen LogP contribution in [0.3, 0.4) is 0 Å². The molecule has 3 heterocycles. The molecule has 1 fully saturated rings. The number of fused-ring (bicyclic) bond motifs is 1. The lowest BCUT2D eigenvalue weighted by molar-refractivity contribution is -0.115. The maximum atomic E-state index is 12.2. The van der Waals surface area contributed by atoms with Crippen LogP contribution in [0, 0.1) is 0 Å². The molecule has 134 valence electrons. The maximum absolute atomic E-state index is 12.2. The summed E-state index contributed by atoms with van der Waals surface area (Å²) in [5, 5.41) is 5.72. The van der Waals surface area contributed by atoms with Gasteiger partial charge in [0, 0.05) is 6.20 Å². The number of nitrogens with one attached hydrogen (secondary N) is 2. The van der Waals surface area contributed by atoms with E-state index in [1.165, 1.54) is 0 Å². The van der Waals surface area contributed by atoms with E-state index in [0.29, 0.717) is 23.9 Å². The number of hydrogen-bond acceptors (Lipinski definition) is 5. The Bertz CT molecular complexity index is 1060. The van der Waals surface area contributed by atoms with Crippen LogP contribution in [0.2, 0.25) is 0 Å². The van der Waals surface area contributed by atoms with E-state index in [2.05, 4.69) is 25.6 Å². The molecule has 0 aliphatic carbocycles. The van der Waals surface area contributed by atoms with E-state index >= 15 is 0 Å². The van der Waals surface area contributed by atoms with Gasteiger partial charge in [-0.3, -0.25) is 15.1 Å². The number of guanidine groups is 1. The molecular formula is C20H17N5O2. The van der Waals surface area contributed by atoms with Crippen molar-refractivity contribution in [3.05, 3.63) is 71.7 Å². The molecule has 1 aliphatic heterocycles. The summed E-state index contributed by atoms with van der Waals surface area (Å²) in [6.07, 6.45) is 3.41. The van der Waals surface area contributed by atoms with Gasteiger partial charge in [-0.05, 0) is 48.0 Å². The van der Waals surface area contributed by atoms with Crippen LogP contribution in [0.25, 0.3) is 17.1 Å². The van der Waals surface area contributed by atoms with Gasteiger partial charge < -0.3 is 10.1 Å². The number of hydrogen-bond donors (Lipinski definition) is 2. The van der Waals surface area contributed by atoms with Crippen molar-refractivity contribution in [2.75, 3.05) is 7.11 Å². The molecule has 1 aromatic carbocycles. The average molecular weight is 359 g/mol. The molecule has 4 rings (SSSR count). The average Bonchev–Trinajstić information content (AvgIpc) is 3.06. The normalized spacial score (nSPS) is 16.6. The summed E-state index contributed by atoms with van der Waals surface area (Å²) in [5.74, 6) is 0.975. The number of carbonyl (C=O) groups is 1. The number of aromatic nitrogens is 2. The molecule has 0 radical (unpaired) electrons. The topological polar surface area (TPSA) is 88.5 Å². The molecule has 2 aromatic heterocycles. The Labute approximate surface area is 155 Å². The van der Waals surface area contributed by atoms with E-state index in [9.17, 15) is 4.79 Å². The second-order valence-corrected chi connectivity index (χ2v) is 5.93. The maximum Gasteiger partial charge on any atom is 0.274 e. The van der Waals surface area contributed by atoms with Gasteiger partial charge in [0.25, 0.3) is 5.91 Å². The van der Waals surface area contributed by atoms with Crippen molar-refractivity contribution < 1.29 is 9.53 Å². The first-order valence-electron chi connectivity index (χ1n) is 8.40.